The van der Waals surface area contributed by atoms with Crippen molar-refractivity contribution in [1.29, 1.82) is 0 Å². The molecule has 0 fully saturated rings. The highest BCUT2D eigenvalue weighted by atomic mass is 32.1. The minimum Gasteiger partial charge on any atom is -0.379 e. The van der Waals surface area contributed by atoms with Crippen LogP contribution in [-0.2, 0) is 12.0 Å². The van der Waals surface area contributed by atoms with E-state index in [1.165, 1.54) is 10.6 Å². The highest BCUT2D eigenvalue weighted by Crippen LogP contribution is 2.25. The summed E-state index contributed by atoms with van der Waals surface area (Å²) < 4.78 is 0. The first-order chi connectivity index (χ1) is 8.45. The number of thiazole rings is 1. The maximum Gasteiger partial charge on any atom is 0.0982 e. The van der Waals surface area contributed by atoms with Gasteiger partial charge in [0.2, 0.25) is 0 Å². The Hall–Kier alpha value is -1.35. The molecule has 0 saturated heterocycles. The number of aryl methyl sites for hydroxylation is 1. The molecule has 1 aromatic heterocycles. The Kier molecular flexibility index (Phi) is 3.71. The standard InChI is InChI=1S/C15H20N2S/c1-11-5-7-12(8-6-11)16-9-13-10-18-14(17-13)15(2,3)4/h5-8,10,16H,9H2,1-4H3. The third kappa shape index (κ3) is 3.33. The van der Waals surface area contributed by atoms with Gasteiger partial charge in [0.05, 0.1) is 17.2 Å². The predicted molar refractivity (Wildman–Crippen MR) is 79.3 cm³/mol. The van der Waals surface area contributed by atoms with E-state index in [-0.39, 0.29) is 5.41 Å². The molecule has 0 amide bonds. The number of hydrogen-bond acceptors (Lipinski definition) is 3. The molecule has 0 spiro atoms. The van der Waals surface area contributed by atoms with Crippen molar-refractivity contribution in [3.63, 3.8) is 0 Å². The topological polar surface area (TPSA) is 24.9 Å². The van der Waals surface area contributed by atoms with Crippen LogP contribution in [0.15, 0.2) is 29.6 Å². The molecule has 2 nitrogen and oxygen atoms in total. The molecule has 2 aromatic rings. The largest absolute Gasteiger partial charge is 0.379 e. The van der Waals surface area contributed by atoms with Crippen LogP contribution in [0.1, 0.15) is 37.0 Å². The number of benzene rings is 1. The van der Waals surface area contributed by atoms with Gasteiger partial charge < -0.3 is 5.32 Å². The first-order valence-electron chi connectivity index (χ1n) is 6.20. The average Bonchev–Trinajstić information content (AvgIpc) is 2.77. The highest BCUT2D eigenvalue weighted by Gasteiger charge is 2.17. The van der Waals surface area contributed by atoms with E-state index in [0.29, 0.717) is 0 Å². The van der Waals surface area contributed by atoms with Crippen LogP contribution in [0, 0.1) is 6.92 Å². The normalized spacial score (nSPS) is 11.6. The number of nitrogens with one attached hydrogen (secondary N) is 1. The summed E-state index contributed by atoms with van der Waals surface area (Å²) in [7, 11) is 0. The lowest BCUT2D eigenvalue weighted by Gasteiger charge is -2.13. The Morgan fingerprint density at radius 3 is 2.39 bits per heavy atom. The fourth-order valence-corrected chi connectivity index (χ4v) is 2.50. The summed E-state index contributed by atoms with van der Waals surface area (Å²) in [6.07, 6.45) is 0. The van der Waals surface area contributed by atoms with Crippen LogP contribution in [0.4, 0.5) is 5.69 Å². The molecule has 0 bridgehead atoms. The van der Waals surface area contributed by atoms with Crippen LogP contribution < -0.4 is 5.32 Å². The van der Waals surface area contributed by atoms with Crippen molar-refractivity contribution < 1.29 is 0 Å². The molecule has 0 atom stereocenters. The number of anilines is 1. The average molecular weight is 260 g/mol. The summed E-state index contributed by atoms with van der Waals surface area (Å²) >= 11 is 1.74. The fourth-order valence-electron chi connectivity index (χ4n) is 1.60. The number of nitrogens with zero attached hydrogens (tertiary/aromatic N) is 1. The zero-order valence-electron chi connectivity index (χ0n) is 11.4. The monoisotopic (exact) mass is 260 g/mol. The van der Waals surface area contributed by atoms with Gasteiger partial charge in [-0.25, -0.2) is 4.98 Å². The molecule has 18 heavy (non-hydrogen) atoms. The molecule has 0 aliphatic carbocycles. The van der Waals surface area contributed by atoms with Crippen molar-refractivity contribution in [2.75, 3.05) is 5.32 Å². The molecule has 96 valence electrons. The molecule has 3 heteroatoms. The summed E-state index contributed by atoms with van der Waals surface area (Å²) in [6, 6.07) is 8.44. The van der Waals surface area contributed by atoms with E-state index in [1.807, 2.05) is 0 Å². The van der Waals surface area contributed by atoms with Gasteiger partial charge in [-0.3, -0.25) is 0 Å². The van der Waals surface area contributed by atoms with Gasteiger partial charge in [-0.1, -0.05) is 38.5 Å². The smallest absolute Gasteiger partial charge is 0.0982 e. The lowest BCUT2D eigenvalue weighted by Crippen LogP contribution is -2.11. The van der Waals surface area contributed by atoms with Crippen molar-refractivity contribution in [3.8, 4) is 0 Å². The maximum atomic E-state index is 4.67. The minimum atomic E-state index is 0.146. The molecule has 0 aliphatic heterocycles. The Balaban J connectivity index is 1.98. The van der Waals surface area contributed by atoms with E-state index in [2.05, 4.69) is 67.6 Å². The van der Waals surface area contributed by atoms with E-state index in [4.69, 9.17) is 0 Å². The van der Waals surface area contributed by atoms with E-state index >= 15 is 0 Å². The van der Waals surface area contributed by atoms with Gasteiger partial charge in [0.1, 0.15) is 0 Å². The van der Waals surface area contributed by atoms with Crippen LogP contribution in [0.3, 0.4) is 0 Å². The van der Waals surface area contributed by atoms with Crippen molar-refractivity contribution in [2.45, 2.75) is 39.7 Å². The van der Waals surface area contributed by atoms with Crippen LogP contribution in [0.25, 0.3) is 0 Å². The van der Waals surface area contributed by atoms with Crippen LogP contribution >= 0.6 is 11.3 Å². The number of hydrogen-bond donors (Lipinski definition) is 1. The Morgan fingerprint density at radius 2 is 1.83 bits per heavy atom. The lowest BCUT2D eigenvalue weighted by molar-refractivity contribution is 0.583. The Morgan fingerprint density at radius 1 is 1.17 bits per heavy atom. The van der Waals surface area contributed by atoms with Gasteiger partial charge in [-0.05, 0) is 19.1 Å². The number of rotatable bonds is 3. The predicted octanol–water partition coefficient (Wildman–Crippen LogP) is 4.36. The number of aromatic nitrogens is 1. The van der Waals surface area contributed by atoms with E-state index in [0.717, 1.165) is 17.9 Å². The lowest BCUT2D eigenvalue weighted by atomic mass is 9.98. The van der Waals surface area contributed by atoms with E-state index in [9.17, 15) is 0 Å². The van der Waals surface area contributed by atoms with Gasteiger partial charge in [0, 0.05) is 16.5 Å². The van der Waals surface area contributed by atoms with Crippen molar-refractivity contribution in [3.05, 3.63) is 45.9 Å². The van der Waals surface area contributed by atoms with Crippen molar-refractivity contribution in [2.24, 2.45) is 0 Å². The molecule has 1 heterocycles. The molecule has 0 radical (unpaired) electrons. The van der Waals surface area contributed by atoms with Crippen LogP contribution in [0.2, 0.25) is 0 Å². The molecular formula is C15H20N2S. The molecular weight excluding hydrogens is 240 g/mol. The minimum absolute atomic E-state index is 0.146. The van der Waals surface area contributed by atoms with Crippen molar-refractivity contribution >= 4 is 17.0 Å². The molecule has 1 N–H and O–H groups in total. The summed E-state index contributed by atoms with van der Waals surface area (Å²) in [5.74, 6) is 0. The molecule has 0 aliphatic rings. The second kappa shape index (κ2) is 5.11. The SMILES string of the molecule is Cc1ccc(NCc2csc(C(C)(C)C)n2)cc1. The summed E-state index contributed by atoms with van der Waals surface area (Å²) in [6.45, 7) is 9.48. The third-order valence-electron chi connectivity index (χ3n) is 2.72. The van der Waals surface area contributed by atoms with Gasteiger partial charge in [0.25, 0.3) is 0 Å². The zero-order chi connectivity index (χ0) is 13.2. The third-order valence-corrected chi connectivity index (χ3v) is 4.04. The van der Waals surface area contributed by atoms with Gasteiger partial charge >= 0.3 is 0 Å². The summed E-state index contributed by atoms with van der Waals surface area (Å²) in [4.78, 5) is 4.67. The molecule has 0 unspecified atom stereocenters. The maximum absolute atomic E-state index is 4.67. The zero-order valence-corrected chi connectivity index (χ0v) is 12.3. The Labute approximate surface area is 113 Å². The highest BCUT2D eigenvalue weighted by molar-refractivity contribution is 7.09. The molecule has 1 aromatic carbocycles. The second-order valence-corrected chi connectivity index (χ2v) is 6.47. The summed E-state index contributed by atoms with van der Waals surface area (Å²) in [5.41, 5.74) is 3.69. The van der Waals surface area contributed by atoms with Crippen LogP contribution in [-0.4, -0.2) is 4.98 Å². The molecule has 0 saturated carbocycles. The van der Waals surface area contributed by atoms with Crippen LogP contribution in [0.5, 0.6) is 0 Å². The van der Waals surface area contributed by atoms with E-state index in [1.54, 1.807) is 11.3 Å². The first kappa shape index (κ1) is 13.1. The molecule has 2 rings (SSSR count). The van der Waals surface area contributed by atoms with Crippen molar-refractivity contribution in [1.82, 2.24) is 4.98 Å². The Bertz CT molecular complexity index is 506. The van der Waals surface area contributed by atoms with Gasteiger partial charge in [-0.15, -0.1) is 11.3 Å². The van der Waals surface area contributed by atoms with E-state index < -0.39 is 0 Å². The second-order valence-electron chi connectivity index (χ2n) is 5.61. The van der Waals surface area contributed by atoms with Gasteiger partial charge in [0.15, 0.2) is 0 Å². The first-order valence-corrected chi connectivity index (χ1v) is 7.08. The fraction of sp³-hybridized carbons (Fsp3) is 0.400. The summed E-state index contributed by atoms with van der Waals surface area (Å²) in [5, 5.41) is 6.74. The quantitative estimate of drug-likeness (QED) is 0.887. The van der Waals surface area contributed by atoms with Gasteiger partial charge in [-0.2, -0.15) is 0 Å².